The van der Waals surface area contributed by atoms with Gasteiger partial charge in [0.05, 0.1) is 6.20 Å². The van der Waals surface area contributed by atoms with Gasteiger partial charge in [-0.25, -0.2) is 0 Å². The van der Waals surface area contributed by atoms with Crippen LogP contribution in [0.2, 0.25) is 0 Å². The third kappa shape index (κ3) is 1.53. The van der Waals surface area contributed by atoms with Gasteiger partial charge < -0.3 is 0 Å². The molecule has 0 radical (unpaired) electrons. The monoisotopic (exact) mass is 159 g/mol. The molecule has 0 amide bonds. The Labute approximate surface area is 71.5 Å². The summed E-state index contributed by atoms with van der Waals surface area (Å²) in [7, 11) is 0. The second kappa shape index (κ2) is 3.22. The summed E-state index contributed by atoms with van der Waals surface area (Å²) in [6.07, 6.45) is 3.94. The van der Waals surface area contributed by atoms with Crippen LogP contribution in [0, 0.1) is 0 Å². The highest BCUT2D eigenvalue weighted by atomic mass is 15.3. The molecular weight excluding hydrogens is 148 g/mol. The number of hydrogen-bond acceptors (Lipinski definition) is 0. The molecule has 0 unspecified atom stereocenters. The van der Waals surface area contributed by atoms with Gasteiger partial charge in [-0.15, -0.1) is 4.68 Å². The first kappa shape index (κ1) is 7.10. The molecule has 2 heteroatoms. The Kier molecular flexibility index (Phi) is 1.90. The minimum atomic E-state index is 0.911. The van der Waals surface area contributed by atoms with Gasteiger partial charge >= 0.3 is 0 Å². The van der Waals surface area contributed by atoms with E-state index in [1.54, 1.807) is 0 Å². The molecule has 60 valence electrons. The first-order valence-corrected chi connectivity index (χ1v) is 4.02. The molecule has 1 aromatic heterocycles. The maximum atomic E-state index is 3.10. The van der Waals surface area contributed by atoms with E-state index >= 15 is 0 Å². The molecule has 0 aliphatic carbocycles. The Morgan fingerprint density at radius 1 is 1.08 bits per heavy atom. The van der Waals surface area contributed by atoms with Crippen molar-refractivity contribution in [3.05, 3.63) is 54.4 Å². The van der Waals surface area contributed by atoms with Crippen molar-refractivity contribution in [1.29, 1.82) is 0 Å². The molecule has 2 nitrogen and oxygen atoms in total. The molecule has 1 heterocycles. The summed E-state index contributed by atoms with van der Waals surface area (Å²) in [5.74, 6) is 0. The molecule has 0 bridgehead atoms. The van der Waals surface area contributed by atoms with Crippen molar-refractivity contribution in [2.75, 3.05) is 0 Å². The topological polar surface area (TPSA) is 19.7 Å². The lowest BCUT2D eigenvalue weighted by Crippen LogP contribution is -2.34. The van der Waals surface area contributed by atoms with Crippen molar-refractivity contribution in [1.82, 2.24) is 5.10 Å². The Balaban J connectivity index is 2.15. The fourth-order valence-electron chi connectivity index (χ4n) is 1.21. The fraction of sp³-hybridized carbons (Fsp3) is 0.100. The van der Waals surface area contributed by atoms with Crippen LogP contribution in [0.25, 0.3) is 0 Å². The molecule has 2 aromatic rings. The predicted molar refractivity (Wildman–Crippen MR) is 46.5 cm³/mol. The van der Waals surface area contributed by atoms with Crippen LogP contribution >= 0.6 is 0 Å². The van der Waals surface area contributed by atoms with E-state index in [4.69, 9.17) is 0 Å². The third-order valence-corrected chi connectivity index (χ3v) is 1.80. The zero-order valence-corrected chi connectivity index (χ0v) is 6.77. The van der Waals surface area contributed by atoms with Crippen molar-refractivity contribution in [2.24, 2.45) is 0 Å². The van der Waals surface area contributed by atoms with Crippen molar-refractivity contribution >= 4 is 0 Å². The van der Waals surface area contributed by atoms with Gasteiger partial charge in [0.25, 0.3) is 0 Å². The highest BCUT2D eigenvalue weighted by Gasteiger charge is 1.99. The standard InChI is InChI=1S/C10H10N2/c1-2-5-10(6-3-1)9-12-8-4-7-11-12/h1-8H,9H2/p+1. The number of aromatic nitrogens is 2. The highest BCUT2D eigenvalue weighted by molar-refractivity contribution is 5.13. The summed E-state index contributed by atoms with van der Waals surface area (Å²) in [6, 6.07) is 12.4. The van der Waals surface area contributed by atoms with Crippen LogP contribution < -0.4 is 4.68 Å². The molecule has 0 saturated carbocycles. The van der Waals surface area contributed by atoms with Gasteiger partial charge in [-0.2, -0.15) is 5.10 Å². The van der Waals surface area contributed by atoms with Crippen molar-refractivity contribution in [3.63, 3.8) is 0 Å². The smallest absolute Gasteiger partial charge is 0.173 e. The van der Waals surface area contributed by atoms with E-state index in [9.17, 15) is 0 Å². The summed E-state index contributed by atoms with van der Waals surface area (Å²) in [5.41, 5.74) is 1.31. The van der Waals surface area contributed by atoms with E-state index in [-0.39, 0.29) is 0 Å². The van der Waals surface area contributed by atoms with Crippen LogP contribution in [-0.4, -0.2) is 5.10 Å². The van der Waals surface area contributed by atoms with Crippen molar-refractivity contribution in [3.8, 4) is 0 Å². The minimum Gasteiger partial charge on any atom is -0.173 e. The van der Waals surface area contributed by atoms with Gasteiger partial charge in [0.2, 0.25) is 0 Å². The lowest BCUT2D eigenvalue weighted by molar-refractivity contribution is -0.742. The molecule has 0 aliphatic heterocycles. The SMILES string of the molecule is c1ccc(C[n+]2ccc[nH]2)cc1. The summed E-state index contributed by atoms with van der Waals surface area (Å²) >= 11 is 0. The molecule has 1 N–H and O–H groups in total. The zero-order chi connectivity index (χ0) is 8.23. The van der Waals surface area contributed by atoms with Crippen LogP contribution in [0.4, 0.5) is 0 Å². The molecule has 0 spiro atoms. The van der Waals surface area contributed by atoms with E-state index < -0.39 is 0 Å². The zero-order valence-electron chi connectivity index (χ0n) is 6.77. The lowest BCUT2D eigenvalue weighted by atomic mass is 10.2. The summed E-state index contributed by atoms with van der Waals surface area (Å²) < 4.78 is 2.04. The summed E-state index contributed by atoms with van der Waals surface area (Å²) in [4.78, 5) is 0. The van der Waals surface area contributed by atoms with Gasteiger partial charge in [0, 0.05) is 11.6 Å². The average molecular weight is 159 g/mol. The van der Waals surface area contributed by atoms with Gasteiger partial charge in [-0.05, 0) is 0 Å². The van der Waals surface area contributed by atoms with E-state index in [2.05, 4.69) is 29.4 Å². The number of H-pyrrole nitrogens is 1. The first-order valence-electron chi connectivity index (χ1n) is 4.02. The maximum absolute atomic E-state index is 3.10. The van der Waals surface area contributed by atoms with E-state index in [1.807, 2.05) is 29.2 Å². The van der Waals surface area contributed by atoms with Crippen LogP contribution in [0.3, 0.4) is 0 Å². The van der Waals surface area contributed by atoms with Crippen LogP contribution in [0.15, 0.2) is 48.8 Å². The minimum absolute atomic E-state index is 0.911. The molecule has 0 saturated heterocycles. The van der Waals surface area contributed by atoms with Gasteiger partial charge in [-0.1, -0.05) is 30.3 Å². The maximum Gasteiger partial charge on any atom is 0.197 e. The molecular formula is C10H11N2+. The van der Waals surface area contributed by atoms with Gasteiger partial charge in [-0.3, -0.25) is 0 Å². The average Bonchev–Trinajstić information content (AvgIpc) is 2.59. The predicted octanol–water partition coefficient (Wildman–Crippen LogP) is 1.35. The largest absolute Gasteiger partial charge is 0.197 e. The van der Waals surface area contributed by atoms with Gasteiger partial charge in [0.1, 0.15) is 0 Å². The molecule has 0 atom stereocenters. The Morgan fingerprint density at radius 3 is 2.58 bits per heavy atom. The summed E-state index contributed by atoms with van der Waals surface area (Å²) in [6.45, 7) is 0.911. The van der Waals surface area contributed by atoms with Gasteiger partial charge in [0.15, 0.2) is 12.7 Å². The molecule has 0 fully saturated rings. The second-order valence-electron chi connectivity index (χ2n) is 2.75. The van der Waals surface area contributed by atoms with E-state index in [1.165, 1.54) is 5.56 Å². The normalized spacial score (nSPS) is 10.0. The van der Waals surface area contributed by atoms with Crippen molar-refractivity contribution in [2.45, 2.75) is 6.54 Å². The molecule has 0 aliphatic rings. The van der Waals surface area contributed by atoms with Crippen LogP contribution in [0.1, 0.15) is 5.56 Å². The van der Waals surface area contributed by atoms with Crippen LogP contribution in [0.5, 0.6) is 0 Å². The first-order chi connectivity index (χ1) is 5.95. The van der Waals surface area contributed by atoms with E-state index in [0.29, 0.717) is 0 Å². The third-order valence-electron chi connectivity index (χ3n) is 1.80. The number of hydrogen-bond donors (Lipinski definition) is 1. The Hall–Kier alpha value is -1.57. The molecule has 1 aromatic carbocycles. The molecule has 2 rings (SSSR count). The number of nitrogens with one attached hydrogen (secondary N) is 1. The number of rotatable bonds is 2. The highest BCUT2D eigenvalue weighted by Crippen LogP contribution is 1.96. The second-order valence-corrected chi connectivity index (χ2v) is 2.75. The van der Waals surface area contributed by atoms with E-state index in [0.717, 1.165) is 6.54 Å². The van der Waals surface area contributed by atoms with Crippen LogP contribution in [-0.2, 0) is 6.54 Å². The number of benzene rings is 1. The Morgan fingerprint density at radius 2 is 1.92 bits per heavy atom. The fourth-order valence-corrected chi connectivity index (χ4v) is 1.21. The summed E-state index contributed by atoms with van der Waals surface area (Å²) in [5, 5.41) is 3.10. The lowest BCUT2D eigenvalue weighted by Gasteiger charge is -1.92. The Bertz CT molecular complexity index is 324. The number of nitrogens with zero attached hydrogens (tertiary/aromatic N) is 1. The molecule has 12 heavy (non-hydrogen) atoms. The quantitative estimate of drug-likeness (QED) is 0.638. The number of aromatic amines is 1. The van der Waals surface area contributed by atoms with Crippen molar-refractivity contribution < 1.29 is 4.68 Å².